The summed E-state index contributed by atoms with van der Waals surface area (Å²) in [6.07, 6.45) is 0. The fourth-order valence-corrected chi connectivity index (χ4v) is 2.88. The molecular weight excluding hydrogens is 194 g/mol. The van der Waals surface area contributed by atoms with Gasteiger partial charge in [0.2, 0.25) is 0 Å². The summed E-state index contributed by atoms with van der Waals surface area (Å²) in [6.45, 7) is 8.45. The summed E-state index contributed by atoms with van der Waals surface area (Å²) in [4.78, 5) is 8.30. The molecule has 4 heteroatoms. The summed E-state index contributed by atoms with van der Waals surface area (Å²) >= 11 is 1.78. The standard InChI is InChI=1S/C10H17N3S/c1-6(13-4-9(11)5-13)10-7(2)14-8(3)12-10/h6,9H,4-5,11H2,1-3H3. The summed E-state index contributed by atoms with van der Waals surface area (Å²) in [5, 5.41) is 1.16. The van der Waals surface area contributed by atoms with Crippen LogP contribution < -0.4 is 5.73 Å². The van der Waals surface area contributed by atoms with Crippen molar-refractivity contribution >= 4 is 11.3 Å². The second kappa shape index (κ2) is 3.61. The zero-order valence-electron chi connectivity index (χ0n) is 8.95. The maximum absolute atomic E-state index is 5.77. The molecule has 0 spiro atoms. The van der Waals surface area contributed by atoms with E-state index < -0.39 is 0 Å². The van der Waals surface area contributed by atoms with Crippen molar-refractivity contribution in [2.45, 2.75) is 32.9 Å². The van der Waals surface area contributed by atoms with Crippen LogP contribution in [-0.4, -0.2) is 29.0 Å². The Morgan fingerprint density at radius 2 is 2.14 bits per heavy atom. The van der Waals surface area contributed by atoms with Crippen molar-refractivity contribution in [3.05, 3.63) is 15.6 Å². The Bertz CT molecular complexity index is 328. The molecule has 0 bridgehead atoms. The molecule has 1 aliphatic heterocycles. The van der Waals surface area contributed by atoms with Crippen molar-refractivity contribution in [1.82, 2.24) is 9.88 Å². The van der Waals surface area contributed by atoms with Crippen LogP contribution in [0.5, 0.6) is 0 Å². The molecule has 1 atom stereocenters. The molecule has 1 unspecified atom stereocenters. The van der Waals surface area contributed by atoms with E-state index in [4.69, 9.17) is 5.73 Å². The van der Waals surface area contributed by atoms with E-state index in [0.717, 1.165) is 18.1 Å². The minimum atomic E-state index is 0.373. The van der Waals surface area contributed by atoms with Gasteiger partial charge in [-0.25, -0.2) is 4.98 Å². The first-order chi connectivity index (χ1) is 6.58. The predicted molar refractivity (Wildman–Crippen MR) is 59.6 cm³/mol. The first-order valence-corrected chi connectivity index (χ1v) is 5.83. The van der Waals surface area contributed by atoms with E-state index in [-0.39, 0.29) is 0 Å². The number of likely N-dealkylation sites (tertiary alicyclic amines) is 1. The molecule has 0 aromatic carbocycles. The van der Waals surface area contributed by atoms with E-state index >= 15 is 0 Å². The normalized spacial score (nSPS) is 20.9. The van der Waals surface area contributed by atoms with Crippen LogP contribution in [0.15, 0.2) is 0 Å². The Balaban J connectivity index is 2.11. The largest absolute Gasteiger partial charge is 0.325 e. The van der Waals surface area contributed by atoms with Gasteiger partial charge in [0.1, 0.15) is 0 Å². The van der Waals surface area contributed by atoms with Crippen LogP contribution >= 0.6 is 11.3 Å². The van der Waals surface area contributed by atoms with E-state index in [1.54, 1.807) is 11.3 Å². The highest BCUT2D eigenvalue weighted by Crippen LogP contribution is 2.29. The smallest absolute Gasteiger partial charge is 0.0900 e. The van der Waals surface area contributed by atoms with Crippen LogP contribution in [0.1, 0.15) is 28.5 Å². The van der Waals surface area contributed by atoms with Crippen molar-refractivity contribution < 1.29 is 0 Å². The third-order valence-electron chi connectivity index (χ3n) is 2.82. The van der Waals surface area contributed by atoms with Gasteiger partial charge >= 0.3 is 0 Å². The van der Waals surface area contributed by atoms with Gasteiger partial charge in [-0.15, -0.1) is 11.3 Å². The maximum atomic E-state index is 5.77. The van der Waals surface area contributed by atoms with Crippen LogP contribution in [0.25, 0.3) is 0 Å². The van der Waals surface area contributed by atoms with E-state index in [2.05, 4.69) is 30.7 Å². The highest BCUT2D eigenvalue weighted by molar-refractivity contribution is 7.11. The number of thiazole rings is 1. The molecule has 0 amide bonds. The van der Waals surface area contributed by atoms with Gasteiger partial charge in [0.05, 0.1) is 16.7 Å². The SMILES string of the molecule is Cc1nc(C(C)N2CC(N)C2)c(C)s1. The van der Waals surface area contributed by atoms with E-state index in [1.165, 1.54) is 10.6 Å². The molecule has 0 saturated carbocycles. The number of aromatic nitrogens is 1. The highest BCUT2D eigenvalue weighted by atomic mass is 32.1. The summed E-state index contributed by atoms with van der Waals surface area (Å²) < 4.78 is 0. The summed E-state index contributed by atoms with van der Waals surface area (Å²) in [6, 6.07) is 0.803. The van der Waals surface area contributed by atoms with E-state index in [9.17, 15) is 0 Å². The average Bonchev–Trinajstić information content (AvgIpc) is 2.39. The molecule has 2 N–H and O–H groups in total. The van der Waals surface area contributed by atoms with Gasteiger partial charge in [0.15, 0.2) is 0 Å². The van der Waals surface area contributed by atoms with Gasteiger partial charge in [0.25, 0.3) is 0 Å². The lowest BCUT2D eigenvalue weighted by Crippen LogP contribution is -2.56. The van der Waals surface area contributed by atoms with Crippen LogP contribution in [0.4, 0.5) is 0 Å². The molecule has 1 aliphatic rings. The van der Waals surface area contributed by atoms with E-state index in [0.29, 0.717) is 12.1 Å². The molecule has 2 heterocycles. The zero-order chi connectivity index (χ0) is 10.3. The van der Waals surface area contributed by atoms with Crippen molar-refractivity contribution in [3.63, 3.8) is 0 Å². The first-order valence-electron chi connectivity index (χ1n) is 5.01. The second-order valence-electron chi connectivity index (χ2n) is 4.06. The molecular formula is C10H17N3S. The number of hydrogen-bond donors (Lipinski definition) is 1. The van der Waals surface area contributed by atoms with Gasteiger partial charge in [0, 0.05) is 24.0 Å². The van der Waals surface area contributed by atoms with Crippen LogP contribution in [0.3, 0.4) is 0 Å². The quantitative estimate of drug-likeness (QED) is 0.805. The van der Waals surface area contributed by atoms with Crippen molar-refractivity contribution in [3.8, 4) is 0 Å². The lowest BCUT2D eigenvalue weighted by atomic mass is 10.0. The fourth-order valence-electron chi connectivity index (χ4n) is 1.97. The third-order valence-corrected chi connectivity index (χ3v) is 3.72. The molecule has 1 aromatic heterocycles. The van der Waals surface area contributed by atoms with Crippen LogP contribution in [-0.2, 0) is 0 Å². The molecule has 78 valence electrons. The number of nitrogens with zero attached hydrogens (tertiary/aromatic N) is 2. The Hall–Kier alpha value is -0.450. The van der Waals surface area contributed by atoms with Crippen molar-refractivity contribution in [2.75, 3.05) is 13.1 Å². The van der Waals surface area contributed by atoms with Crippen molar-refractivity contribution in [1.29, 1.82) is 0 Å². The minimum absolute atomic E-state index is 0.373. The molecule has 1 aromatic rings. The Kier molecular flexibility index (Phi) is 2.60. The Morgan fingerprint density at radius 1 is 1.50 bits per heavy atom. The monoisotopic (exact) mass is 211 g/mol. The number of rotatable bonds is 2. The molecule has 0 radical (unpaired) electrons. The van der Waals surface area contributed by atoms with Gasteiger partial charge in [-0.3, -0.25) is 4.90 Å². The molecule has 0 aliphatic carbocycles. The molecule has 1 fully saturated rings. The number of nitrogens with two attached hydrogens (primary N) is 1. The van der Waals surface area contributed by atoms with Gasteiger partial charge in [-0.1, -0.05) is 0 Å². The maximum Gasteiger partial charge on any atom is 0.0900 e. The van der Waals surface area contributed by atoms with Gasteiger partial charge in [-0.2, -0.15) is 0 Å². The Labute approximate surface area is 88.9 Å². The second-order valence-corrected chi connectivity index (χ2v) is 5.47. The minimum Gasteiger partial charge on any atom is -0.325 e. The molecule has 14 heavy (non-hydrogen) atoms. The number of aryl methyl sites for hydroxylation is 2. The van der Waals surface area contributed by atoms with Crippen LogP contribution in [0, 0.1) is 13.8 Å². The molecule has 3 nitrogen and oxygen atoms in total. The zero-order valence-corrected chi connectivity index (χ0v) is 9.77. The highest BCUT2D eigenvalue weighted by Gasteiger charge is 2.29. The summed E-state index contributed by atoms with van der Waals surface area (Å²) in [7, 11) is 0. The van der Waals surface area contributed by atoms with Crippen LogP contribution in [0.2, 0.25) is 0 Å². The van der Waals surface area contributed by atoms with Gasteiger partial charge in [-0.05, 0) is 20.8 Å². The summed E-state index contributed by atoms with van der Waals surface area (Å²) in [5.74, 6) is 0. The third kappa shape index (κ3) is 1.69. The lowest BCUT2D eigenvalue weighted by Gasteiger charge is -2.40. The van der Waals surface area contributed by atoms with E-state index in [1.807, 2.05) is 0 Å². The fraction of sp³-hybridized carbons (Fsp3) is 0.700. The topological polar surface area (TPSA) is 42.2 Å². The Morgan fingerprint density at radius 3 is 2.57 bits per heavy atom. The van der Waals surface area contributed by atoms with Crippen molar-refractivity contribution in [2.24, 2.45) is 5.73 Å². The number of hydrogen-bond acceptors (Lipinski definition) is 4. The molecule has 1 saturated heterocycles. The lowest BCUT2D eigenvalue weighted by molar-refractivity contribution is 0.101. The van der Waals surface area contributed by atoms with Gasteiger partial charge < -0.3 is 5.73 Å². The molecule has 2 rings (SSSR count). The summed E-state index contributed by atoms with van der Waals surface area (Å²) in [5.41, 5.74) is 7.00. The first kappa shape index (κ1) is 10.1. The predicted octanol–water partition coefficient (Wildman–Crippen LogP) is 1.46. The average molecular weight is 211 g/mol.